The van der Waals surface area contributed by atoms with Crippen LogP contribution in [0.5, 0.6) is 5.75 Å². The molecular weight excluding hydrogens is 200 g/mol. The first-order valence-corrected chi connectivity index (χ1v) is 5.29. The van der Waals surface area contributed by atoms with E-state index in [1.807, 2.05) is 37.3 Å². The molecule has 1 heterocycles. The standard InChI is InChI=1S/C13H14N2O/c1-2-14-10-6-7-13(16)11(9-10)12-5-3-4-8-15-12/h3-9,14,16H,2H2,1H3. The molecule has 16 heavy (non-hydrogen) atoms. The molecule has 2 N–H and O–H groups in total. The highest BCUT2D eigenvalue weighted by molar-refractivity contribution is 5.71. The van der Waals surface area contributed by atoms with Crippen molar-refractivity contribution in [1.29, 1.82) is 0 Å². The number of hydrogen-bond acceptors (Lipinski definition) is 3. The lowest BCUT2D eigenvalue weighted by atomic mass is 10.1. The normalized spacial score (nSPS) is 10.1. The van der Waals surface area contributed by atoms with Gasteiger partial charge in [0.25, 0.3) is 0 Å². The van der Waals surface area contributed by atoms with Gasteiger partial charge in [-0.25, -0.2) is 0 Å². The van der Waals surface area contributed by atoms with E-state index < -0.39 is 0 Å². The topological polar surface area (TPSA) is 45.1 Å². The lowest BCUT2D eigenvalue weighted by Crippen LogP contribution is -1.96. The van der Waals surface area contributed by atoms with E-state index in [1.54, 1.807) is 12.3 Å². The second-order valence-corrected chi connectivity index (χ2v) is 3.48. The van der Waals surface area contributed by atoms with Gasteiger partial charge in [0, 0.05) is 24.0 Å². The minimum atomic E-state index is 0.250. The molecule has 1 aromatic carbocycles. The number of nitrogens with one attached hydrogen (secondary N) is 1. The molecule has 3 nitrogen and oxygen atoms in total. The number of anilines is 1. The Labute approximate surface area is 94.8 Å². The van der Waals surface area contributed by atoms with Gasteiger partial charge in [-0.1, -0.05) is 6.07 Å². The zero-order valence-electron chi connectivity index (χ0n) is 9.14. The number of benzene rings is 1. The third-order valence-corrected chi connectivity index (χ3v) is 2.32. The van der Waals surface area contributed by atoms with Crippen LogP contribution in [0.4, 0.5) is 5.69 Å². The van der Waals surface area contributed by atoms with Crippen molar-refractivity contribution < 1.29 is 5.11 Å². The van der Waals surface area contributed by atoms with Gasteiger partial charge in [0.2, 0.25) is 0 Å². The summed E-state index contributed by atoms with van der Waals surface area (Å²) < 4.78 is 0. The maximum absolute atomic E-state index is 9.79. The third kappa shape index (κ3) is 2.14. The summed E-state index contributed by atoms with van der Waals surface area (Å²) >= 11 is 0. The van der Waals surface area contributed by atoms with Gasteiger partial charge < -0.3 is 10.4 Å². The highest BCUT2D eigenvalue weighted by Crippen LogP contribution is 2.30. The molecule has 2 aromatic rings. The van der Waals surface area contributed by atoms with Crippen LogP contribution in [0, 0.1) is 0 Å². The summed E-state index contributed by atoms with van der Waals surface area (Å²) in [4.78, 5) is 4.22. The fourth-order valence-corrected chi connectivity index (χ4v) is 1.58. The maximum atomic E-state index is 9.79. The average Bonchev–Trinajstić information content (AvgIpc) is 2.33. The maximum Gasteiger partial charge on any atom is 0.125 e. The third-order valence-electron chi connectivity index (χ3n) is 2.32. The lowest BCUT2D eigenvalue weighted by Gasteiger charge is -2.08. The Morgan fingerprint density at radius 2 is 2.12 bits per heavy atom. The molecule has 0 aliphatic carbocycles. The van der Waals surface area contributed by atoms with E-state index in [0.717, 1.165) is 23.5 Å². The molecule has 0 saturated carbocycles. The summed E-state index contributed by atoms with van der Waals surface area (Å²) in [5.41, 5.74) is 2.51. The van der Waals surface area contributed by atoms with Gasteiger partial charge in [-0.3, -0.25) is 4.98 Å². The Hall–Kier alpha value is -2.03. The Morgan fingerprint density at radius 1 is 1.25 bits per heavy atom. The minimum Gasteiger partial charge on any atom is -0.507 e. The summed E-state index contributed by atoms with van der Waals surface area (Å²) in [7, 11) is 0. The molecule has 0 spiro atoms. The highest BCUT2D eigenvalue weighted by atomic mass is 16.3. The van der Waals surface area contributed by atoms with E-state index in [0.29, 0.717) is 0 Å². The first-order chi connectivity index (χ1) is 7.81. The van der Waals surface area contributed by atoms with Crippen LogP contribution in [0.1, 0.15) is 6.92 Å². The largest absolute Gasteiger partial charge is 0.507 e. The van der Waals surface area contributed by atoms with Gasteiger partial charge >= 0.3 is 0 Å². The van der Waals surface area contributed by atoms with Crippen molar-refractivity contribution >= 4 is 5.69 Å². The van der Waals surface area contributed by atoms with E-state index in [-0.39, 0.29) is 5.75 Å². The van der Waals surface area contributed by atoms with Crippen LogP contribution in [0.2, 0.25) is 0 Å². The van der Waals surface area contributed by atoms with Crippen LogP contribution in [0.15, 0.2) is 42.6 Å². The minimum absolute atomic E-state index is 0.250. The quantitative estimate of drug-likeness (QED) is 0.772. The molecule has 0 aliphatic heterocycles. The lowest BCUT2D eigenvalue weighted by molar-refractivity contribution is 0.477. The fourth-order valence-electron chi connectivity index (χ4n) is 1.58. The monoisotopic (exact) mass is 214 g/mol. The predicted molar refractivity (Wildman–Crippen MR) is 65.5 cm³/mol. The van der Waals surface area contributed by atoms with Gasteiger partial charge in [0.05, 0.1) is 5.69 Å². The zero-order chi connectivity index (χ0) is 11.4. The van der Waals surface area contributed by atoms with Crippen LogP contribution in [0.3, 0.4) is 0 Å². The van der Waals surface area contributed by atoms with E-state index in [9.17, 15) is 5.11 Å². The van der Waals surface area contributed by atoms with Gasteiger partial charge in [-0.2, -0.15) is 0 Å². The van der Waals surface area contributed by atoms with E-state index in [4.69, 9.17) is 0 Å². The predicted octanol–water partition coefficient (Wildman–Crippen LogP) is 2.89. The molecule has 0 fully saturated rings. The molecule has 2 rings (SSSR count). The molecule has 0 unspecified atom stereocenters. The van der Waals surface area contributed by atoms with Crippen LogP contribution < -0.4 is 5.32 Å². The second kappa shape index (κ2) is 4.66. The number of phenolic OH excluding ortho intramolecular Hbond substituents is 1. The van der Waals surface area contributed by atoms with Crippen molar-refractivity contribution in [1.82, 2.24) is 4.98 Å². The Kier molecular flexibility index (Phi) is 3.05. The Morgan fingerprint density at radius 3 is 2.81 bits per heavy atom. The van der Waals surface area contributed by atoms with E-state index in [1.165, 1.54) is 0 Å². The van der Waals surface area contributed by atoms with E-state index >= 15 is 0 Å². The van der Waals surface area contributed by atoms with Crippen molar-refractivity contribution in [3.8, 4) is 17.0 Å². The molecule has 1 aromatic heterocycles. The number of rotatable bonds is 3. The zero-order valence-corrected chi connectivity index (χ0v) is 9.14. The molecular formula is C13H14N2O. The fraction of sp³-hybridized carbons (Fsp3) is 0.154. The first-order valence-electron chi connectivity index (χ1n) is 5.29. The van der Waals surface area contributed by atoms with Crippen molar-refractivity contribution in [2.45, 2.75) is 6.92 Å². The summed E-state index contributed by atoms with van der Waals surface area (Å²) in [6.07, 6.45) is 1.72. The highest BCUT2D eigenvalue weighted by Gasteiger charge is 2.05. The number of nitrogens with zero attached hydrogens (tertiary/aromatic N) is 1. The molecule has 0 amide bonds. The molecule has 0 radical (unpaired) electrons. The SMILES string of the molecule is CCNc1ccc(O)c(-c2ccccn2)c1. The molecule has 82 valence electrons. The number of phenols is 1. The molecule has 3 heteroatoms. The summed E-state index contributed by atoms with van der Waals surface area (Å²) in [5.74, 6) is 0.250. The van der Waals surface area contributed by atoms with Gasteiger partial charge in [-0.05, 0) is 37.3 Å². The van der Waals surface area contributed by atoms with Crippen molar-refractivity contribution in [3.63, 3.8) is 0 Å². The summed E-state index contributed by atoms with van der Waals surface area (Å²) in [5, 5.41) is 13.0. The number of pyridine rings is 1. The molecule has 0 atom stereocenters. The molecule has 0 aliphatic rings. The first kappa shape index (κ1) is 10.5. The molecule has 0 saturated heterocycles. The van der Waals surface area contributed by atoms with Crippen LogP contribution >= 0.6 is 0 Å². The summed E-state index contributed by atoms with van der Waals surface area (Å²) in [6, 6.07) is 11.1. The second-order valence-electron chi connectivity index (χ2n) is 3.48. The average molecular weight is 214 g/mol. The van der Waals surface area contributed by atoms with Crippen LogP contribution in [-0.2, 0) is 0 Å². The number of aromatic hydroxyl groups is 1. The van der Waals surface area contributed by atoms with Gasteiger partial charge in [-0.15, -0.1) is 0 Å². The smallest absolute Gasteiger partial charge is 0.125 e. The number of hydrogen-bond donors (Lipinski definition) is 2. The van der Waals surface area contributed by atoms with Crippen LogP contribution in [-0.4, -0.2) is 16.6 Å². The van der Waals surface area contributed by atoms with E-state index in [2.05, 4.69) is 10.3 Å². The van der Waals surface area contributed by atoms with Gasteiger partial charge in [0.1, 0.15) is 5.75 Å². The van der Waals surface area contributed by atoms with Crippen molar-refractivity contribution in [2.75, 3.05) is 11.9 Å². The Bertz CT molecular complexity index is 469. The summed E-state index contributed by atoms with van der Waals surface area (Å²) in [6.45, 7) is 2.89. The van der Waals surface area contributed by atoms with Crippen LogP contribution in [0.25, 0.3) is 11.3 Å². The van der Waals surface area contributed by atoms with Crippen molar-refractivity contribution in [2.24, 2.45) is 0 Å². The van der Waals surface area contributed by atoms with Crippen molar-refractivity contribution in [3.05, 3.63) is 42.6 Å². The Balaban J connectivity index is 2.43. The number of aromatic nitrogens is 1. The molecule has 0 bridgehead atoms. The van der Waals surface area contributed by atoms with Gasteiger partial charge in [0.15, 0.2) is 0 Å².